The number of hydrogen-bond acceptors (Lipinski definition) is 4. The van der Waals surface area contributed by atoms with E-state index in [0.29, 0.717) is 11.6 Å². The van der Waals surface area contributed by atoms with Gasteiger partial charge in [-0.3, -0.25) is 0 Å². The predicted octanol–water partition coefficient (Wildman–Crippen LogP) is 2.42. The van der Waals surface area contributed by atoms with Gasteiger partial charge < -0.3 is 5.32 Å². The van der Waals surface area contributed by atoms with E-state index in [1.807, 2.05) is 32.9 Å². The molecule has 0 aromatic carbocycles. The lowest BCUT2D eigenvalue weighted by atomic mass is 10.3. The van der Waals surface area contributed by atoms with Crippen molar-refractivity contribution in [2.45, 2.75) is 27.3 Å². The van der Waals surface area contributed by atoms with E-state index < -0.39 is 0 Å². The molecule has 0 radical (unpaired) electrons. The van der Waals surface area contributed by atoms with Crippen LogP contribution in [0.2, 0.25) is 5.02 Å². The largest absolute Gasteiger partial charge is 0.370 e. The molecule has 0 aliphatic rings. The van der Waals surface area contributed by atoms with Crippen LogP contribution in [0.3, 0.4) is 0 Å². The molecule has 2 aromatic rings. The van der Waals surface area contributed by atoms with E-state index in [9.17, 15) is 0 Å². The van der Waals surface area contributed by atoms with Crippen molar-refractivity contribution >= 4 is 17.4 Å². The Morgan fingerprint density at radius 1 is 1.28 bits per heavy atom. The summed E-state index contributed by atoms with van der Waals surface area (Å²) in [6.07, 6.45) is 0. The molecule has 0 aliphatic heterocycles. The Labute approximate surface area is 111 Å². The van der Waals surface area contributed by atoms with E-state index in [4.69, 9.17) is 11.6 Å². The van der Waals surface area contributed by atoms with Crippen LogP contribution in [0.15, 0.2) is 12.1 Å². The van der Waals surface area contributed by atoms with Crippen molar-refractivity contribution in [3.8, 4) is 0 Å². The minimum atomic E-state index is 0.532. The van der Waals surface area contributed by atoms with Gasteiger partial charge in [0.2, 0.25) is 0 Å². The number of halogens is 1. The molecule has 5 nitrogen and oxygen atoms in total. The van der Waals surface area contributed by atoms with Gasteiger partial charge in [-0.25, -0.2) is 14.6 Å². The highest BCUT2D eigenvalue weighted by Gasteiger charge is 2.08. The van der Waals surface area contributed by atoms with Crippen molar-refractivity contribution in [1.82, 2.24) is 19.7 Å². The quantitative estimate of drug-likeness (QED) is 0.922. The van der Waals surface area contributed by atoms with Crippen LogP contribution in [-0.2, 0) is 6.54 Å². The van der Waals surface area contributed by atoms with Gasteiger partial charge in [0.05, 0.1) is 17.3 Å². The third kappa shape index (κ3) is 2.79. The van der Waals surface area contributed by atoms with Crippen LogP contribution in [0.1, 0.15) is 24.3 Å². The Morgan fingerprint density at radius 3 is 2.67 bits per heavy atom. The van der Waals surface area contributed by atoms with E-state index in [1.165, 1.54) is 0 Å². The van der Waals surface area contributed by atoms with Gasteiger partial charge in [-0.2, -0.15) is 5.10 Å². The summed E-state index contributed by atoms with van der Waals surface area (Å²) in [5, 5.41) is 8.12. The first kappa shape index (κ1) is 12.8. The highest BCUT2D eigenvalue weighted by Crippen LogP contribution is 2.18. The van der Waals surface area contributed by atoms with Crippen LogP contribution < -0.4 is 5.32 Å². The lowest BCUT2D eigenvalue weighted by Crippen LogP contribution is -2.08. The molecule has 0 fully saturated rings. The topological polar surface area (TPSA) is 55.6 Å². The first-order valence-electron chi connectivity index (χ1n) is 5.87. The minimum absolute atomic E-state index is 0.532. The fourth-order valence-corrected chi connectivity index (χ4v) is 1.89. The minimum Gasteiger partial charge on any atom is -0.370 e. The van der Waals surface area contributed by atoms with Gasteiger partial charge in [-0.15, -0.1) is 0 Å². The van der Waals surface area contributed by atoms with Gasteiger partial charge in [-0.05, 0) is 32.9 Å². The van der Waals surface area contributed by atoms with Crippen LogP contribution in [0.4, 0.5) is 5.82 Å². The van der Waals surface area contributed by atoms with Crippen LogP contribution >= 0.6 is 11.6 Å². The van der Waals surface area contributed by atoms with E-state index in [1.54, 1.807) is 4.68 Å². The number of nitrogens with one attached hydrogen (secondary N) is 1. The van der Waals surface area contributed by atoms with E-state index in [2.05, 4.69) is 20.4 Å². The standard InChI is InChI=1S/C12H16ClN5/c1-4-14-12-6-5-10(13)11(16-12)7-18-9(3)15-8(2)17-18/h5-6H,4,7H2,1-3H3,(H,14,16). The number of anilines is 1. The van der Waals surface area contributed by atoms with Crippen molar-refractivity contribution in [3.05, 3.63) is 34.5 Å². The maximum absolute atomic E-state index is 6.15. The zero-order valence-electron chi connectivity index (χ0n) is 10.7. The summed E-state index contributed by atoms with van der Waals surface area (Å²) in [5.74, 6) is 2.44. The second kappa shape index (κ2) is 5.35. The van der Waals surface area contributed by atoms with E-state index in [0.717, 1.165) is 29.7 Å². The lowest BCUT2D eigenvalue weighted by molar-refractivity contribution is 0.645. The smallest absolute Gasteiger partial charge is 0.147 e. The fraction of sp³-hybridized carbons (Fsp3) is 0.417. The molecule has 0 bridgehead atoms. The summed E-state index contributed by atoms with van der Waals surface area (Å²) in [4.78, 5) is 8.74. The molecule has 0 saturated carbocycles. The van der Waals surface area contributed by atoms with Gasteiger partial charge in [-0.1, -0.05) is 11.6 Å². The Kier molecular flexibility index (Phi) is 3.81. The summed E-state index contributed by atoms with van der Waals surface area (Å²) in [7, 11) is 0. The third-order valence-corrected chi connectivity index (χ3v) is 2.88. The molecule has 2 rings (SSSR count). The molecule has 6 heteroatoms. The first-order valence-corrected chi connectivity index (χ1v) is 6.25. The number of aryl methyl sites for hydroxylation is 2. The Balaban J connectivity index is 2.27. The highest BCUT2D eigenvalue weighted by molar-refractivity contribution is 6.31. The van der Waals surface area contributed by atoms with Gasteiger partial charge in [0.15, 0.2) is 0 Å². The van der Waals surface area contributed by atoms with Gasteiger partial charge in [0.25, 0.3) is 0 Å². The van der Waals surface area contributed by atoms with Crippen LogP contribution in [0.25, 0.3) is 0 Å². The Bertz CT molecular complexity index is 549. The van der Waals surface area contributed by atoms with Gasteiger partial charge in [0, 0.05) is 6.54 Å². The zero-order chi connectivity index (χ0) is 13.1. The van der Waals surface area contributed by atoms with Gasteiger partial charge >= 0.3 is 0 Å². The first-order chi connectivity index (χ1) is 8.60. The average molecular weight is 266 g/mol. The average Bonchev–Trinajstić information content (AvgIpc) is 2.62. The molecule has 0 spiro atoms. The Morgan fingerprint density at radius 2 is 2.06 bits per heavy atom. The molecule has 0 unspecified atom stereocenters. The maximum Gasteiger partial charge on any atom is 0.147 e. The van der Waals surface area contributed by atoms with Crippen molar-refractivity contribution < 1.29 is 0 Å². The second-order valence-electron chi connectivity index (χ2n) is 4.02. The van der Waals surface area contributed by atoms with Crippen molar-refractivity contribution in [3.63, 3.8) is 0 Å². The second-order valence-corrected chi connectivity index (χ2v) is 4.43. The molecule has 2 heterocycles. The molecule has 0 atom stereocenters. The van der Waals surface area contributed by atoms with Gasteiger partial charge in [0.1, 0.15) is 17.5 Å². The number of pyridine rings is 1. The maximum atomic E-state index is 6.15. The summed E-state index contributed by atoms with van der Waals surface area (Å²) in [6, 6.07) is 3.72. The van der Waals surface area contributed by atoms with E-state index in [-0.39, 0.29) is 0 Å². The summed E-state index contributed by atoms with van der Waals surface area (Å²) in [5.41, 5.74) is 0.795. The summed E-state index contributed by atoms with van der Waals surface area (Å²) >= 11 is 6.15. The monoisotopic (exact) mass is 265 g/mol. The SMILES string of the molecule is CCNc1ccc(Cl)c(Cn2nc(C)nc2C)n1. The molecule has 2 aromatic heterocycles. The molecule has 0 amide bonds. The van der Waals surface area contributed by atoms with Crippen molar-refractivity contribution in [2.75, 3.05) is 11.9 Å². The van der Waals surface area contributed by atoms with Crippen LogP contribution in [0, 0.1) is 13.8 Å². The van der Waals surface area contributed by atoms with Crippen molar-refractivity contribution in [1.29, 1.82) is 0 Å². The number of rotatable bonds is 4. The molecule has 0 saturated heterocycles. The van der Waals surface area contributed by atoms with Crippen LogP contribution in [0.5, 0.6) is 0 Å². The third-order valence-electron chi connectivity index (χ3n) is 2.54. The molecule has 96 valence electrons. The normalized spacial score (nSPS) is 10.7. The van der Waals surface area contributed by atoms with Crippen LogP contribution in [-0.4, -0.2) is 26.3 Å². The lowest BCUT2D eigenvalue weighted by Gasteiger charge is -2.08. The summed E-state index contributed by atoms with van der Waals surface area (Å²) in [6.45, 7) is 7.18. The van der Waals surface area contributed by atoms with Crippen molar-refractivity contribution in [2.24, 2.45) is 0 Å². The highest BCUT2D eigenvalue weighted by atomic mass is 35.5. The number of nitrogens with zero attached hydrogens (tertiary/aromatic N) is 4. The molecule has 0 aliphatic carbocycles. The Hall–Kier alpha value is -1.62. The molecule has 1 N–H and O–H groups in total. The zero-order valence-corrected chi connectivity index (χ0v) is 11.5. The summed E-state index contributed by atoms with van der Waals surface area (Å²) < 4.78 is 1.80. The predicted molar refractivity (Wildman–Crippen MR) is 72.0 cm³/mol. The number of hydrogen-bond donors (Lipinski definition) is 1. The fourth-order valence-electron chi connectivity index (χ4n) is 1.73. The van der Waals surface area contributed by atoms with E-state index >= 15 is 0 Å². The molecular formula is C12H16ClN5. The molecule has 18 heavy (non-hydrogen) atoms. The molecular weight excluding hydrogens is 250 g/mol. The number of aromatic nitrogens is 4.